The first-order valence-electron chi connectivity index (χ1n) is 20.9. The topological polar surface area (TPSA) is 165 Å². The van der Waals surface area contributed by atoms with Crippen LogP contribution in [0.5, 0.6) is 5.75 Å². The lowest BCUT2D eigenvalue weighted by Crippen LogP contribution is -2.29. The number of hydrogen-bond acceptors (Lipinski definition) is 11. The molecule has 0 bridgehead atoms. The number of methoxy groups -OCH3 is 1. The van der Waals surface area contributed by atoms with Crippen LogP contribution >= 0.6 is 11.6 Å². The highest BCUT2D eigenvalue weighted by molar-refractivity contribution is 6.30. The van der Waals surface area contributed by atoms with Crippen LogP contribution < -0.4 is 20.7 Å². The van der Waals surface area contributed by atoms with E-state index in [1.54, 1.807) is 42.0 Å². The molecule has 5 aromatic rings. The molecule has 0 unspecified atom stereocenters. The fourth-order valence-electron chi connectivity index (χ4n) is 7.25. The third-order valence-electron chi connectivity index (χ3n) is 10.3. The molecule has 0 saturated carbocycles. The van der Waals surface area contributed by atoms with Crippen LogP contribution in [-0.2, 0) is 35.0 Å². The largest absolute Gasteiger partial charge is 0.497 e. The van der Waals surface area contributed by atoms with Gasteiger partial charge in [0, 0.05) is 57.7 Å². The summed E-state index contributed by atoms with van der Waals surface area (Å²) >= 11 is 6.04. The number of anilines is 1. The predicted octanol–water partition coefficient (Wildman–Crippen LogP) is 7.37. The Morgan fingerprint density at radius 2 is 1.48 bits per heavy atom. The van der Waals surface area contributed by atoms with E-state index in [2.05, 4.69) is 15.6 Å². The van der Waals surface area contributed by atoms with Crippen LogP contribution in [0.15, 0.2) is 100 Å². The summed E-state index contributed by atoms with van der Waals surface area (Å²) in [7, 11) is 1.58. The van der Waals surface area contributed by atoms with Gasteiger partial charge in [0.05, 0.1) is 89.4 Å². The monoisotopic (exact) mass is 875 g/mol. The number of carbonyl (C=O) groups excluding carboxylic acids is 3. The number of nitrogens with one attached hydrogen (secondary N) is 2. The lowest BCUT2D eigenvalue weighted by atomic mass is 10.1. The third kappa shape index (κ3) is 11.3. The molecule has 14 nitrogen and oxygen atoms in total. The number of carbonyl (C=O) groups is 3. The minimum Gasteiger partial charge on any atom is -0.497 e. The van der Waals surface area contributed by atoms with Crippen molar-refractivity contribution in [3.05, 3.63) is 118 Å². The smallest absolute Gasteiger partial charge is 0.262 e. The molecule has 1 aromatic heterocycles. The molecule has 0 radical (unpaired) electrons. The van der Waals surface area contributed by atoms with Crippen molar-refractivity contribution in [3.8, 4) is 17.2 Å². The minimum absolute atomic E-state index is 0.0783. The summed E-state index contributed by atoms with van der Waals surface area (Å²) in [5.74, 6) is 0.655. The Balaban J connectivity index is 0.756. The Labute approximate surface area is 369 Å². The molecule has 2 amide bonds. The van der Waals surface area contributed by atoms with Gasteiger partial charge in [-0.25, -0.2) is 4.98 Å². The molecule has 2 N–H and O–H groups in total. The quantitative estimate of drug-likeness (QED) is 0.0423. The number of benzene rings is 5. The minimum atomic E-state index is -0.215. The molecule has 1 aliphatic carbocycles. The average Bonchev–Trinajstić information content (AvgIpc) is 3.56. The van der Waals surface area contributed by atoms with E-state index >= 15 is 0 Å². The molecule has 0 spiro atoms. The summed E-state index contributed by atoms with van der Waals surface area (Å²) in [6, 6.07) is 27.5. The summed E-state index contributed by atoms with van der Waals surface area (Å²) in [5.41, 5.74) is 5.24. The fraction of sp³-hybridized carbons (Fsp3) is 0.312. The standard InChI is InChI=1S/C48H50ClN5O9/c1-4-50-34-13-15-40-43(27-34)63-44-30-41(36-7-5-6-8-37(36)47(44)53-40)52-45(55)17-19-59-21-23-61-25-26-62-24-22-60-20-18-51-46(56)29-38-31(2)54(42-16-14-35(58-3)28-39(38)42)48(57)32-9-11-33(49)12-10-32/h5-16,27-28,30H,4,17-26,29H2,1-3H3,(H,51,56)(H,52,55). The zero-order valence-electron chi connectivity index (χ0n) is 35.5. The van der Waals surface area contributed by atoms with E-state index in [9.17, 15) is 14.4 Å². The molecule has 2 heterocycles. The first kappa shape index (κ1) is 44.9. The van der Waals surface area contributed by atoms with E-state index in [0.29, 0.717) is 104 Å². The van der Waals surface area contributed by atoms with Crippen LogP contribution in [0.2, 0.25) is 5.02 Å². The van der Waals surface area contributed by atoms with Crippen molar-refractivity contribution in [1.29, 1.82) is 0 Å². The Bertz CT molecular complexity index is 2750. The zero-order valence-corrected chi connectivity index (χ0v) is 36.3. The van der Waals surface area contributed by atoms with Gasteiger partial charge in [0.15, 0.2) is 11.3 Å². The van der Waals surface area contributed by atoms with Crippen molar-refractivity contribution in [2.75, 3.05) is 78.4 Å². The molecule has 0 saturated heterocycles. The Morgan fingerprint density at radius 1 is 0.778 bits per heavy atom. The maximum atomic E-state index is 13.5. The molecule has 1 aliphatic heterocycles. The first-order valence-corrected chi connectivity index (χ1v) is 21.2. The second-order valence-corrected chi connectivity index (χ2v) is 15.0. The van der Waals surface area contributed by atoms with E-state index in [1.165, 1.54) is 0 Å². The number of hydrogen-bond donors (Lipinski definition) is 2. The van der Waals surface area contributed by atoms with Gasteiger partial charge in [-0.2, -0.15) is 0 Å². The predicted molar refractivity (Wildman–Crippen MR) is 242 cm³/mol. The van der Waals surface area contributed by atoms with Gasteiger partial charge in [0.2, 0.25) is 11.8 Å². The molecule has 2 aliphatic rings. The van der Waals surface area contributed by atoms with Crippen LogP contribution in [0.3, 0.4) is 0 Å². The van der Waals surface area contributed by atoms with Gasteiger partial charge >= 0.3 is 0 Å². The molecule has 63 heavy (non-hydrogen) atoms. The maximum Gasteiger partial charge on any atom is 0.262 e. The van der Waals surface area contributed by atoms with Crippen molar-refractivity contribution in [2.45, 2.75) is 26.7 Å². The van der Waals surface area contributed by atoms with Gasteiger partial charge < -0.3 is 38.7 Å². The average molecular weight is 876 g/mol. The third-order valence-corrected chi connectivity index (χ3v) is 10.6. The number of rotatable bonds is 21. The van der Waals surface area contributed by atoms with Crippen LogP contribution in [0.1, 0.15) is 35.0 Å². The van der Waals surface area contributed by atoms with Crippen LogP contribution in [0, 0.1) is 6.92 Å². The normalized spacial score (nSPS) is 11.8. The first-order chi connectivity index (χ1) is 30.7. The van der Waals surface area contributed by atoms with Crippen molar-refractivity contribution in [1.82, 2.24) is 14.9 Å². The van der Waals surface area contributed by atoms with E-state index in [1.807, 2.05) is 74.5 Å². The highest BCUT2D eigenvalue weighted by Crippen LogP contribution is 2.34. The molecule has 4 aromatic carbocycles. The number of fused-ring (bicyclic) bond motifs is 5. The number of halogens is 1. The Kier molecular flexibility index (Phi) is 15.5. The molecule has 0 atom stereocenters. The lowest BCUT2D eigenvalue weighted by molar-refractivity contribution is -0.120. The molecular weight excluding hydrogens is 826 g/mol. The number of amides is 2. The molecule has 7 rings (SSSR count). The molecule has 15 heteroatoms. The Morgan fingerprint density at radius 3 is 2.19 bits per heavy atom. The number of ether oxygens (including phenoxy) is 5. The highest BCUT2D eigenvalue weighted by atomic mass is 35.5. The van der Waals surface area contributed by atoms with Crippen molar-refractivity contribution < 1.29 is 42.5 Å². The maximum absolute atomic E-state index is 13.5. The van der Waals surface area contributed by atoms with E-state index in [-0.39, 0.29) is 37.2 Å². The summed E-state index contributed by atoms with van der Waals surface area (Å²) in [5, 5.41) is 9.79. The highest BCUT2D eigenvalue weighted by Gasteiger charge is 2.22. The SMILES string of the molecule is CCN=c1ccc2nc3c(cc(NC(=O)CCOCCOCCOCCOCCNC(=O)Cc4c(C)n(C(=O)c5ccc(Cl)cc5)c5ccc(OC)cc45)c4ccccc43)oc-2c1. The Hall–Kier alpha value is -6.16. The van der Waals surface area contributed by atoms with Gasteiger partial charge in [0.25, 0.3) is 5.91 Å². The zero-order chi connectivity index (χ0) is 44.1. The number of aromatic nitrogens is 2. The van der Waals surface area contributed by atoms with Gasteiger partial charge in [-0.1, -0.05) is 35.9 Å². The van der Waals surface area contributed by atoms with Crippen LogP contribution in [-0.4, -0.2) is 100 Å². The molecular formula is C48H50ClN5O9. The summed E-state index contributed by atoms with van der Waals surface area (Å²) < 4.78 is 35.8. The van der Waals surface area contributed by atoms with Gasteiger partial charge in [-0.05, 0) is 74.0 Å². The fourth-order valence-corrected chi connectivity index (χ4v) is 7.37. The van der Waals surface area contributed by atoms with Crippen molar-refractivity contribution >= 4 is 67.8 Å². The number of nitrogens with zero attached hydrogens (tertiary/aromatic N) is 3. The van der Waals surface area contributed by atoms with Gasteiger partial charge in [-0.15, -0.1) is 0 Å². The molecule has 328 valence electrons. The van der Waals surface area contributed by atoms with Gasteiger partial charge in [0.1, 0.15) is 17.0 Å². The summed E-state index contributed by atoms with van der Waals surface area (Å²) in [6.07, 6.45) is 0.248. The van der Waals surface area contributed by atoms with E-state index in [0.717, 1.165) is 38.3 Å². The van der Waals surface area contributed by atoms with Gasteiger partial charge in [-0.3, -0.25) is 23.9 Å². The second kappa shape index (κ2) is 21.8. The molecule has 0 fully saturated rings. The van der Waals surface area contributed by atoms with Crippen molar-refractivity contribution in [3.63, 3.8) is 0 Å². The van der Waals surface area contributed by atoms with Crippen LogP contribution in [0.25, 0.3) is 44.2 Å². The lowest BCUT2D eigenvalue weighted by Gasteiger charge is -2.13. The van der Waals surface area contributed by atoms with E-state index in [4.69, 9.17) is 44.7 Å². The summed E-state index contributed by atoms with van der Waals surface area (Å²) in [6.45, 7) is 7.53. The van der Waals surface area contributed by atoms with Crippen LogP contribution in [0.4, 0.5) is 5.69 Å². The van der Waals surface area contributed by atoms with E-state index < -0.39 is 0 Å². The second-order valence-electron chi connectivity index (χ2n) is 14.5. The van der Waals surface area contributed by atoms with Crippen molar-refractivity contribution in [2.24, 2.45) is 4.99 Å². The summed E-state index contributed by atoms with van der Waals surface area (Å²) in [4.78, 5) is 48.8.